The van der Waals surface area contributed by atoms with Crippen LogP contribution in [0.15, 0.2) is 48.5 Å². The van der Waals surface area contributed by atoms with Gasteiger partial charge in [-0.05, 0) is 35.9 Å². The van der Waals surface area contributed by atoms with Gasteiger partial charge >= 0.3 is 0 Å². The van der Waals surface area contributed by atoms with Gasteiger partial charge in [-0.3, -0.25) is 4.90 Å². The molecule has 0 radical (unpaired) electrons. The fourth-order valence-corrected chi connectivity index (χ4v) is 3.93. The van der Waals surface area contributed by atoms with Crippen LogP contribution in [0.5, 0.6) is 5.75 Å². The molecule has 2 aliphatic heterocycles. The average Bonchev–Trinajstić information content (AvgIpc) is 2.55. The number of hydrogen-bond acceptors (Lipinski definition) is 3. The predicted octanol–water partition coefficient (Wildman–Crippen LogP) is 3.67. The van der Waals surface area contributed by atoms with Crippen LogP contribution in [0.25, 0.3) is 0 Å². The zero-order valence-electron chi connectivity index (χ0n) is 13.8. The largest absolute Gasteiger partial charge is 0.508 e. The van der Waals surface area contributed by atoms with E-state index in [1.165, 1.54) is 16.7 Å². The van der Waals surface area contributed by atoms with Crippen molar-refractivity contribution in [2.75, 3.05) is 33.2 Å². The Morgan fingerprint density at radius 3 is 2.25 bits per heavy atom. The Hall–Kier alpha value is -1.26. The molecule has 1 N–H and O–H groups in total. The molecule has 0 aromatic heterocycles. The van der Waals surface area contributed by atoms with Gasteiger partial charge in [0.25, 0.3) is 0 Å². The third-order valence-electron chi connectivity index (χ3n) is 5.14. The predicted molar refractivity (Wildman–Crippen MR) is 103 cm³/mol. The molecule has 3 nitrogen and oxygen atoms in total. The molecule has 2 aromatic carbocycles. The molecule has 1 fully saturated rings. The quantitative estimate of drug-likeness (QED) is 0.833. The lowest BCUT2D eigenvalue weighted by Gasteiger charge is -2.46. The van der Waals surface area contributed by atoms with Gasteiger partial charge in [0, 0.05) is 38.1 Å². The first-order valence-corrected chi connectivity index (χ1v) is 8.03. The lowest BCUT2D eigenvalue weighted by atomic mass is 9.80. The number of rotatable bonds is 1. The van der Waals surface area contributed by atoms with Crippen LogP contribution in [0.3, 0.4) is 0 Å². The summed E-state index contributed by atoms with van der Waals surface area (Å²) in [5.74, 6) is 0.738. The molecule has 4 rings (SSSR count). The smallest absolute Gasteiger partial charge is 0.115 e. The summed E-state index contributed by atoms with van der Waals surface area (Å²) in [4.78, 5) is 5.05. The van der Waals surface area contributed by atoms with E-state index in [9.17, 15) is 5.11 Å². The van der Waals surface area contributed by atoms with Crippen molar-refractivity contribution < 1.29 is 5.11 Å². The third-order valence-corrected chi connectivity index (χ3v) is 5.14. The highest BCUT2D eigenvalue weighted by molar-refractivity contribution is 5.85. The van der Waals surface area contributed by atoms with Gasteiger partial charge in [0.05, 0.1) is 0 Å². The summed E-state index contributed by atoms with van der Waals surface area (Å²) in [5.41, 5.74) is 4.21. The molecular formula is C19H24Cl2N2O. The van der Waals surface area contributed by atoms with Crippen LogP contribution in [0.4, 0.5) is 0 Å². The molecule has 130 valence electrons. The van der Waals surface area contributed by atoms with Crippen molar-refractivity contribution in [3.05, 3.63) is 65.2 Å². The number of likely N-dealkylation sites (N-methyl/N-ethyl adjacent to an activating group) is 1. The lowest BCUT2D eigenvalue weighted by molar-refractivity contribution is 0.0772. The number of halogens is 2. The van der Waals surface area contributed by atoms with Gasteiger partial charge in [0.15, 0.2) is 0 Å². The maximum absolute atomic E-state index is 9.55. The van der Waals surface area contributed by atoms with E-state index in [0.29, 0.717) is 17.7 Å². The number of benzene rings is 2. The van der Waals surface area contributed by atoms with E-state index in [1.807, 2.05) is 0 Å². The van der Waals surface area contributed by atoms with Crippen LogP contribution in [-0.2, 0) is 0 Å². The minimum Gasteiger partial charge on any atom is -0.508 e. The van der Waals surface area contributed by atoms with Crippen molar-refractivity contribution in [3.8, 4) is 5.75 Å². The molecular weight excluding hydrogens is 343 g/mol. The Kier molecular flexibility index (Phi) is 6.16. The zero-order valence-corrected chi connectivity index (χ0v) is 15.4. The summed E-state index contributed by atoms with van der Waals surface area (Å²) < 4.78 is 0. The molecule has 2 aromatic rings. The highest BCUT2D eigenvalue weighted by Crippen LogP contribution is 2.40. The van der Waals surface area contributed by atoms with Crippen molar-refractivity contribution in [1.82, 2.24) is 9.80 Å². The van der Waals surface area contributed by atoms with Gasteiger partial charge in [-0.15, -0.1) is 24.8 Å². The highest BCUT2D eigenvalue weighted by Gasteiger charge is 2.36. The van der Waals surface area contributed by atoms with Gasteiger partial charge in [-0.1, -0.05) is 36.4 Å². The fraction of sp³-hybridized carbons (Fsp3) is 0.368. The highest BCUT2D eigenvalue weighted by atomic mass is 35.5. The molecule has 0 spiro atoms. The van der Waals surface area contributed by atoms with Crippen molar-refractivity contribution in [2.24, 2.45) is 0 Å². The number of aromatic hydroxyl groups is 1. The summed E-state index contributed by atoms with van der Waals surface area (Å²) >= 11 is 0. The van der Waals surface area contributed by atoms with Crippen LogP contribution in [-0.4, -0.2) is 48.1 Å². The molecule has 5 heteroatoms. The van der Waals surface area contributed by atoms with Crippen molar-refractivity contribution >= 4 is 24.8 Å². The summed E-state index contributed by atoms with van der Waals surface area (Å²) in [6.45, 7) is 4.45. The number of fused-ring (bicyclic) bond motifs is 3. The minimum atomic E-state index is 0. The Labute approximate surface area is 156 Å². The van der Waals surface area contributed by atoms with E-state index < -0.39 is 0 Å². The van der Waals surface area contributed by atoms with E-state index in [4.69, 9.17) is 0 Å². The van der Waals surface area contributed by atoms with Gasteiger partial charge in [0.1, 0.15) is 5.75 Å². The lowest BCUT2D eigenvalue weighted by Crippen LogP contribution is -2.50. The van der Waals surface area contributed by atoms with Crippen LogP contribution >= 0.6 is 24.8 Å². The molecule has 0 unspecified atom stereocenters. The second-order valence-electron chi connectivity index (χ2n) is 6.55. The second kappa shape index (κ2) is 7.75. The Bertz CT molecular complexity index is 677. The van der Waals surface area contributed by atoms with E-state index in [-0.39, 0.29) is 24.8 Å². The summed E-state index contributed by atoms with van der Waals surface area (Å²) in [7, 11) is 2.21. The van der Waals surface area contributed by atoms with Gasteiger partial charge in [-0.25, -0.2) is 0 Å². The monoisotopic (exact) mass is 366 g/mol. The summed E-state index contributed by atoms with van der Waals surface area (Å²) in [5, 5.41) is 9.55. The van der Waals surface area contributed by atoms with Crippen LogP contribution in [0, 0.1) is 0 Å². The topological polar surface area (TPSA) is 26.7 Å². The normalized spacial score (nSPS) is 23.4. The Morgan fingerprint density at radius 1 is 0.875 bits per heavy atom. The van der Waals surface area contributed by atoms with E-state index >= 15 is 0 Å². The van der Waals surface area contributed by atoms with Crippen LogP contribution < -0.4 is 0 Å². The number of hydrogen-bond donors (Lipinski definition) is 1. The Balaban J connectivity index is 0.00000104. The van der Waals surface area contributed by atoms with Crippen molar-refractivity contribution in [3.63, 3.8) is 0 Å². The molecule has 0 amide bonds. The van der Waals surface area contributed by atoms with E-state index in [2.05, 4.69) is 53.2 Å². The zero-order chi connectivity index (χ0) is 15.1. The molecule has 0 saturated carbocycles. The second-order valence-corrected chi connectivity index (χ2v) is 6.55. The van der Waals surface area contributed by atoms with Gasteiger partial charge < -0.3 is 10.0 Å². The number of phenols is 1. The Morgan fingerprint density at radius 2 is 1.54 bits per heavy atom. The SMILES string of the molecule is CN1CCN2C[C@@H](c3ccc(O)cc3)c3ccccc3[C@H]2C1.Cl.Cl. The molecule has 0 aliphatic carbocycles. The van der Waals surface area contributed by atoms with Crippen molar-refractivity contribution in [1.29, 1.82) is 0 Å². The first-order chi connectivity index (χ1) is 10.7. The average molecular weight is 367 g/mol. The van der Waals surface area contributed by atoms with Crippen LogP contribution in [0.1, 0.15) is 28.7 Å². The molecule has 0 bridgehead atoms. The molecule has 24 heavy (non-hydrogen) atoms. The molecule has 2 aliphatic rings. The van der Waals surface area contributed by atoms with Crippen LogP contribution in [0.2, 0.25) is 0 Å². The number of piperazine rings is 1. The summed E-state index contributed by atoms with van der Waals surface area (Å²) in [6.07, 6.45) is 0. The van der Waals surface area contributed by atoms with Crippen molar-refractivity contribution in [2.45, 2.75) is 12.0 Å². The molecule has 2 heterocycles. The standard InChI is InChI=1S/C19H22N2O.2ClH/c1-20-10-11-21-12-18(14-6-8-15(22)9-7-14)16-4-2-3-5-17(16)19(21)13-20;;/h2-9,18-19,22H,10-13H2,1H3;2*1H/t18-,19+;;/m0../s1. The van der Waals surface area contributed by atoms with Gasteiger partial charge in [-0.2, -0.15) is 0 Å². The minimum absolute atomic E-state index is 0. The van der Waals surface area contributed by atoms with E-state index in [1.54, 1.807) is 12.1 Å². The van der Waals surface area contributed by atoms with E-state index in [0.717, 1.165) is 26.2 Å². The first-order valence-electron chi connectivity index (χ1n) is 8.03. The molecule has 2 atom stereocenters. The maximum Gasteiger partial charge on any atom is 0.115 e. The maximum atomic E-state index is 9.55. The number of nitrogens with zero attached hydrogens (tertiary/aromatic N) is 2. The summed E-state index contributed by atoms with van der Waals surface area (Å²) in [6, 6.07) is 17.1. The number of phenolic OH excluding ortho intramolecular Hbond substituents is 1. The first kappa shape index (κ1) is 19.1. The molecule has 1 saturated heterocycles. The third kappa shape index (κ3) is 3.40. The fourth-order valence-electron chi connectivity index (χ4n) is 3.93. The van der Waals surface area contributed by atoms with Gasteiger partial charge in [0.2, 0.25) is 0 Å².